The van der Waals surface area contributed by atoms with Crippen molar-refractivity contribution < 1.29 is 14.2 Å². The summed E-state index contributed by atoms with van der Waals surface area (Å²) in [4.78, 5) is 0. The number of hydrogen-bond acceptors (Lipinski definition) is 6. The van der Waals surface area contributed by atoms with Gasteiger partial charge in [0.25, 0.3) is 0 Å². The van der Waals surface area contributed by atoms with Gasteiger partial charge in [0.1, 0.15) is 0 Å². The van der Waals surface area contributed by atoms with E-state index in [1.165, 1.54) is 5.56 Å². The quantitative estimate of drug-likeness (QED) is 0.647. The highest BCUT2D eigenvalue weighted by Crippen LogP contribution is 2.36. The molecule has 2 aliphatic rings. The SMILES string of the molecule is COCCCNCC1CNNC1c1ccc2c(c1)OCO2. The van der Waals surface area contributed by atoms with Crippen molar-refractivity contribution in [3.05, 3.63) is 23.8 Å². The van der Waals surface area contributed by atoms with Crippen LogP contribution < -0.4 is 25.6 Å². The minimum atomic E-state index is 0.287. The molecule has 0 aromatic heterocycles. The molecular weight excluding hydrogens is 270 g/mol. The molecular formula is C15H23N3O3. The van der Waals surface area contributed by atoms with Crippen molar-refractivity contribution in [2.75, 3.05) is 40.1 Å². The fraction of sp³-hybridized carbons (Fsp3) is 0.600. The van der Waals surface area contributed by atoms with E-state index < -0.39 is 0 Å². The van der Waals surface area contributed by atoms with E-state index in [1.807, 2.05) is 6.07 Å². The predicted octanol–water partition coefficient (Wildman–Crippen LogP) is 0.807. The van der Waals surface area contributed by atoms with Crippen LogP contribution in [0.3, 0.4) is 0 Å². The van der Waals surface area contributed by atoms with Gasteiger partial charge >= 0.3 is 0 Å². The maximum atomic E-state index is 5.46. The molecule has 0 amide bonds. The van der Waals surface area contributed by atoms with Gasteiger partial charge in [-0.05, 0) is 30.7 Å². The van der Waals surface area contributed by atoms with E-state index in [-0.39, 0.29) is 6.04 Å². The normalized spacial score (nSPS) is 23.7. The van der Waals surface area contributed by atoms with Gasteiger partial charge in [-0.1, -0.05) is 6.07 Å². The maximum absolute atomic E-state index is 5.46. The minimum absolute atomic E-state index is 0.287. The van der Waals surface area contributed by atoms with Gasteiger partial charge in [-0.3, -0.25) is 5.43 Å². The summed E-state index contributed by atoms with van der Waals surface area (Å²) in [5.74, 6) is 2.18. The molecule has 116 valence electrons. The van der Waals surface area contributed by atoms with Crippen molar-refractivity contribution in [3.63, 3.8) is 0 Å². The summed E-state index contributed by atoms with van der Waals surface area (Å²) in [6, 6.07) is 6.45. The zero-order chi connectivity index (χ0) is 14.5. The summed E-state index contributed by atoms with van der Waals surface area (Å²) >= 11 is 0. The number of methoxy groups -OCH3 is 1. The first-order chi connectivity index (χ1) is 10.4. The van der Waals surface area contributed by atoms with Crippen molar-refractivity contribution in [3.8, 4) is 11.5 Å². The Labute approximate surface area is 125 Å². The number of ether oxygens (including phenoxy) is 3. The molecule has 2 atom stereocenters. The van der Waals surface area contributed by atoms with Crippen LogP contribution in [0.25, 0.3) is 0 Å². The molecule has 1 saturated heterocycles. The third-order valence-electron chi connectivity index (χ3n) is 3.96. The van der Waals surface area contributed by atoms with Gasteiger partial charge in [0.15, 0.2) is 11.5 Å². The molecule has 6 heteroatoms. The van der Waals surface area contributed by atoms with Crippen LogP contribution in [-0.4, -0.2) is 40.1 Å². The molecule has 3 rings (SSSR count). The first-order valence-corrected chi connectivity index (χ1v) is 7.46. The number of nitrogens with one attached hydrogen (secondary N) is 3. The topological polar surface area (TPSA) is 63.8 Å². The van der Waals surface area contributed by atoms with Crippen molar-refractivity contribution in [2.45, 2.75) is 12.5 Å². The first-order valence-electron chi connectivity index (χ1n) is 7.46. The Kier molecular flexibility index (Phi) is 4.92. The van der Waals surface area contributed by atoms with Crippen LogP contribution in [-0.2, 0) is 4.74 Å². The van der Waals surface area contributed by atoms with E-state index >= 15 is 0 Å². The van der Waals surface area contributed by atoms with Gasteiger partial charge in [-0.25, -0.2) is 5.43 Å². The summed E-state index contributed by atoms with van der Waals surface area (Å²) in [6.07, 6.45) is 1.04. The first kappa shape index (κ1) is 14.6. The van der Waals surface area contributed by atoms with Crippen LogP contribution in [0, 0.1) is 5.92 Å². The molecule has 0 bridgehead atoms. The van der Waals surface area contributed by atoms with E-state index in [0.717, 1.165) is 44.2 Å². The Hall–Kier alpha value is -1.34. The fourth-order valence-electron chi connectivity index (χ4n) is 2.82. The molecule has 6 nitrogen and oxygen atoms in total. The average molecular weight is 293 g/mol. The van der Waals surface area contributed by atoms with Gasteiger partial charge in [-0.15, -0.1) is 0 Å². The Morgan fingerprint density at radius 2 is 2.24 bits per heavy atom. The van der Waals surface area contributed by atoms with Gasteiger partial charge in [-0.2, -0.15) is 0 Å². The third kappa shape index (κ3) is 3.47. The number of hydrogen-bond donors (Lipinski definition) is 3. The molecule has 2 unspecified atom stereocenters. The van der Waals surface area contributed by atoms with E-state index in [2.05, 4.69) is 28.3 Å². The van der Waals surface area contributed by atoms with Crippen molar-refractivity contribution in [1.29, 1.82) is 0 Å². The van der Waals surface area contributed by atoms with Crippen LogP contribution in [0.4, 0.5) is 0 Å². The monoisotopic (exact) mass is 293 g/mol. The Morgan fingerprint density at radius 1 is 1.33 bits per heavy atom. The lowest BCUT2D eigenvalue weighted by Crippen LogP contribution is -2.29. The second-order valence-corrected chi connectivity index (χ2v) is 5.43. The standard InChI is InChI=1S/C15H23N3O3/c1-19-6-2-5-16-8-12-9-17-18-15(12)11-3-4-13-14(7-11)21-10-20-13/h3-4,7,12,15-18H,2,5-6,8-10H2,1H3. The second-order valence-electron chi connectivity index (χ2n) is 5.43. The Balaban J connectivity index is 1.56. The molecule has 0 aliphatic carbocycles. The molecule has 2 aliphatic heterocycles. The van der Waals surface area contributed by atoms with E-state index in [0.29, 0.717) is 12.7 Å². The zero-order valence-electron chi connectivity index (χ0n) is 12.4. The number of benzene rings is 1. The zero-order valence-corrected chi connectivity index (χ0v) is 12.4. The smallest absolute Gasteiger partial charge is 0.231 e. The average Bonchev–Trinajstić information content (AvgIpc) is 3.15. The minimum Gasteiger partial charge on any atom is -0.454 e. The molecule has 21 heavy (non-hydrogen) atoms. The largest absolute Gasteiger partial charge is 0.454 e. The van der Waals surface area contributed by atoms with Gasteiger partial charge in [0.2, 0.25) is 6.79 Å². The van der Waals surface area contributed by atoms with Crippen LogP contribution in [0.15, 0.2) is 18.2 Å². The highest BCUT2D eigenvalue weighted by molar-refractivity contribution is 5.45. The molecule has 0 spiro atoms. The summed E-state index contributed by atoms with van der Waals surface area (Å²) in [5, 5.41) is 3.50. The third-order valence-corrected chi connectivity index (χ3v) is 3.96. The highest BCUT2D eigenvalue weighted by Gasteiger charge is 2.29. The highest BCUT2D eigenvalue weighted by atomic mass is 16.7. The van der Waals surface area contributed by atoms with Crippen LogP contribution in [0.5, 0.6) is 11.5 Å². The summed E-state index contributed by atoms with van der Waals surface area (Å²) in [6.45, 7) is 4.04. The lowest BCUT2D eigenvalue weighted by atomic mass is 9.94. The van der Waals surface area contributed by atoms with E-state index in [4.69, 9.17) is 14.2 Å². The number of rotatable bonds is 7. The van der Waals surface area contributed by atoms with Gasteiger partial charge in [0.05, 0.1) is 6.04 Å². The van der Waals surface area contributed by atoms with Gasteiger partial charge in [0, 0.05) is 32.7 Å². The van der Waals surface area contributed by atoms with Crippen LogP contribution in [0.2, 0.25) is 0 Å². The van der Waals surface area contributed by atoms with Crippen molar-refractivity contribution in [2.24, 2.45) is 5.92 Å². The Morgan fingerprint density at radius 3 is 3.14 bits per heavy atom. The van der Waals surface area contributed by atoms with E-state index in [1.54, 1.807) is 7.11 Å². The maximum Gasteiger partial charge on any atom is 0.231 e. The van der Waals surface area contributed by atoms with Crippen LogP contribution >= 0.6 is 0 Å². The lowest BCUT2D eigenvalue weighted by Gasteiger charge is -2.19. The summed E-state index contributed by atoms with van der Waals surface area (Å²) in [5.41, 5.74) is 7.84. The van der Waals surface area contributed by atoms with Crippen molar-refractivity contribution in [1.82, 2.24) is 16.2 Å². The Bertz CT molecular complexity index is 469. The van der Waals surface area contributed by atoms with Crippen LogP contribution in [0.1, 0.15) is 18.0 Å². The fourth-order valence-corrected chi connectivity index (χ4v) is 2.82. The molecule has 3 N–H and O–H groups in total. The second kappa shape index (κ2) is 7.09. The predicted molar refractivity (Wildman–Crippen MR) is 79.3 cm³/mol. The number of fused-ring (bicyclic) bond motifs is 1. The summed E-state index contributed by atoms with van der Waals surface area (Å²) in [7, 11) is 1.74. The van der Waals surface area contributed by atoms with Gasteiger partial charge < -0.3 is 19.5 Å². The van der Waals surface area contributed by atoms with E-state index in [9.17, 15) is 0 Å². The number of hydrazine groups is 1. The molecule has 0 saturated carbocycles. The molecule has 1 aromatic carbocycles. The lowest BCUT2D eigenvalue weighted by molar-refractivity contribution is 0.174. The summed E-state index contributed by atoms with van der Waals surface area (Å²) < 4.78 is 15.9. The van der Waals surface area contributed by atoms with Crippen molar-refractivity contribution >= 4 is 0 Å². The molecule has 2 heterocycles. The molecule has 1 fully saturated rings. The molecule has 0 radical (unpaired) electrons. The molecule has 1 aromatic rings.